The number of ether oxygens (including phenoxy) is 1. The Morgan fingerprint density at radius 1 is 1.70 bits per heavy atom. The van der Waals surface area contributed by atoms with Crippen LogP contribution in [0.25, 0.3) is 0 Å². The Kier molecular flexibility index (Phi) is 1.71. The molecule has 0 spiro atoms. The fourth-order valence-electron chi connectivity index (χ4n) is 0.582. The van der Waals surface area contributed by atoms with Crippen molar-refractivity contribution in [3.8, 4) is 5.88 Å². The second kappa shape index (κ2) is 2.51. The highest BCUT2D eigenvalue weighted by molar-refractivity contribution is 5.14. The molecule has 0 aromatic carbocycles. The van der Waals surface area contributed by atoms with Gasteiger partial charge in [0.2, 0.25) is 5.88 Å². The Hall–Kier alpha value is -1.32. The maximum absolute atomic E-state index is 10.7. The van der Waals surface area contributed by atoms with Crippen molar-refractivity contribution in [1.82, 2.24) is 10.2 Å². The van der Waals surface area contributed by atoms with Crippen molar-refractivity contribution < 1.29 is 4.74 Å². The van der Waals surface area contributed by atoms with Gasteiger partial charge in [0.1, 0.15) is 0 Å². The third-order valence-corrected chi connectivity index (χ3v) is 1.17. The van der Waals surface area contributed by atoms with Crippen LogP contribution in [0.2, 0.25) is 0 Å². The van der Waals surface area contributed by atoms with Crippen LogP contribution in [0.5, 0.6) is 5.88 Å². The molecular formula is C6H8N2O2. The van der Waals surface area contributed by atoms with E-state index in [4.69, 9.17) is 4.74 Å². The van der Waals surface area contributed by atoms with Gasteiger partial charge in [-0.2, -0.15) is 0 Å². The highest BCUT2D eigenvalue weighted by Gasteiger charge is 1.95. The molecule has 1 rings (SSSR count). The lowest BCUT2D eigenvalue weighted by Gasteiger charge is -1.95. The Labute approximate surface area is 57.8 Å². The second-order valence-electron chi connectivity index (χ2n) is 1.92. The minimum atomic E-state index is -0.180. The maximum atomic E-state index is 10.7. The molecule has 10 heavy (non-hydrogen) atoms. The zero-order valence-electron chi connectivity index (χ0n) is 5.84. The van der Waals surface area contributed by atoms with Crippen molar-refractivity contribution in [2.45, 2.75) is 6.92 Å². The van der Waals surface area contributed by atoms with Crippen molar-refractivity contribution in [1.29, 1.82) is 0 Å². The number of aromatic nitrogens is 2. The zero-order valence-corrected chi connectivity index (χ0v) is 5.84. The van der Waals surface area contributed by atoms with E-state index in [0.29, 0.717) is 11.4 Å². The molecule has 4 nitrogen and oxygen atoms in total. The van der Waals surface area contributed by atoms with E-state index < -0.39 is 0 Å². The van der Waals surface area contributed by atoms with Crippen molar-refractivity contribution >= 4 is 0 Å². The third-order valence-electron chi connectivity index (χ3n) is 1.17. The van der Waals surface area contributed by atoms with Crippen LogP contribution < -0.4 is 10.3 Å². The summed E-state index contributed by atoms with van der Waals surface area (Å²) < 4.78 is 4.77. The first-order valence-corrected chi connectivity index (χ1v) is 2.84. The van der Waals surface area contributed by atoms with E-state index in [9.17, 15) is 4.79 Å². The van der Waals surface area contributed by atoms with Crippen LogP contribution in [0, 0.1) is 6.92 Å². The summed E-state index contributed by atoms with van der Waals surface area (Å²) in [6, 6.07) is 1.58. The second-order valence-corrected chi connectivity index (χ2v) is 1.92. The van der Waals surface area contributed by atoms with E-state index >= 15 is 0 Å². The number of nitrogens with one attached hydrogen (secondary N) is 1. The minimum absolute atomic E-state index is 0.180. The molecule has 1 aromatic heterocycles. The van der Waals surface area contributed by atoms with Gasteiger partial charge in [-0.3, -0.25) is 4.79 Å². The molecule has 0 bridgehead atoms. The first-order valence-electron chi connectivity index (χ1n) is 2.84. The average molecular weight is 140 g/mol. The lowest BCUT2D eigenvalue weighted by atomic mass is 10.3. The van der Waals surface area contributed by atoms with Gasteiger partial charge in [0, 0.05) is 11.6 Å². The molecule has 0 saturated heterocycles. The molecule has 0 unspecified atom stereocenters. The maximum Gasteiger partial charge on any atom is 0.267 e. The lowest BCUT2D eigenvalue weighted by molar-refractivity contribution is 0.390. The SMILES string of the molecule is COc1cc(C)c(=O)[nH]n1. The monoisotopic (exact) mass is 140 g/mol. The van der Waals surface area contributed by atoms with Gasteiger partial charge in [-0.15, -0.1) is 5.10 Å². The number of H-pyrrole nitrogens is 1. The summed E-state index contributed by atoms with van der Waals surface area (Å²) in [5, 5.41) is 5.89. The van der Waals surface area contributed by atoms with E-state index in [-0.39, 0.29) is 5.56 Å². The van der Waals surface area contributed by atoms with E-state index in [2.05, 4.69) is 10.2 Å². The van der Waals surface area contributed by atoms with E-state index in [1.807, 2.05) is 0 Å². The van der Waals surface area contributed by atoms with Crippen molar-refractivity contribution in [2.24, 2.45) is 0 Å². The van der Waals surface area contributed by atoms with Gasteiger partial charge < -0.3 is 4.74 Å². The third kappa shape index (κ3) is 1.15. The van der Waals surface area contributed by atoms with E-state index in [1.165, 1.54) is 7.11 Å². The number of hydrogen-bond acceptors (Lipinski definition) is 3. The van der Waals surface area contributed by atoms with Gasteiger partial charge in [0.25, 0.3) is 5.56 Å². The number of nitrogens with zero attached hydrogens (tertiary/aromatic N) is 1. The summed E-state index contributed by atoms with van der Waals surface area (Å²) >= 11 is 0. The molecule has 0 aliphatic heterocycles. The lowest BCUT2D eigenvalue weighted by Crippen LogP contribution is -2.11. The normalized spacial score (nSPS) is 9.40. The summed E-state index contributed by atoms with van der Waals surface area (Å²) in [4.78, 5) is 10.7. The van der Waals surface area contributed by atoms with Crippen molar-refractivity contribution in [3.63, 3.8) is 0 Å². The molecule has 4 heteroatoms. The molecule has 0 saturated carbocycles. The summed E-state index contributed by atoms with van der Waals surface area (Å²) in [6.45, 7) is 1.70. The molecule has 0 aliphatic rings. The van der Waals surface area contributed by atoms with Crippen LogP contribution in [0.15, 0.2) is 10.9 Å². The van der Waals surface area contributed by atoms with Crippen LogP contribution in [0.4, 0.5) is 0 Å². The van der Waals surface area contributed by atoms with Gasteiger partial charge in [-0.05, 0) is 6.92 Å². The first kappa shape index (κ1) is 6.80. The standard InChI is InChI=1S/C6H8N2O2/c1-4-3-5(10-2)7-8-6(4)9/h3H,1-2H3,(H,8,9). The summed E-state index contributed by atoms with van der Waals surface area (Å²) in [5.41, 5.74) is 0.424. The van der Waals surface area contributed by atoms with Gasteiger partial charge in [0.15, 0.2) is 0 Å². The molecule has 0 atom stereocenters. The fraction of sp³-hybridized carbons (Fsp3) is 0.333. The van der Waals surface area contributed by atoms with Gasteiger partial charge in [-0.25, -0.2) is 5.10 Å². The highest BCUT2D eigenvalue weighted by atomic mass is 16.5. The molecule has 1 heterocycles. The molecule has 0 aliphatic carbocycles. The predicted octanol–water partition coefficient (Wildman–Crippen LogP) is 0.0869. The van der Waals surface area contributed by atoms with E-state index in [1.54, 1.807) is 13.0 Å². The molecule has 0 amide bonds. The summed E-state index contributed by atoms with van der Waals surface area (Å²) in [7, 11) is 1.50. The van der Waals surface area contributed by atoms with Crippen LogP contribution in [-0.4, -0.2) is 17.3 Å². The number of methoxy groups -OCH3 is 1. The van der Waals surface area contributed by atoms with Gasteiger partial charge in [0.05, 0.1) is 7.11 Å². The molecular weight excluding hydrogens is 132 g/mol. The van der Waals surface area contributed by atoms with Crippen LogP contribution in [-0.2, 0) is 0 Å². The van der Waals surface area contributed by atoms with E-state index in [0.717, 1.165) is 0 Å². The largest absolute Gasteiger partial charge is 0.480 e. The number of aromatic amines is 1. The summed E-state index contributed by atoms with van der Waals surface area (Å²) in [6.07, 6.45) is 0. The highest BCUT2D eigenvalue weighted by Crippen LogP contribution is 2.00. The van der Waals surface area contributed by atoms with Gasteiger partial charge >= 0.3 is 0 Å². The predicted molar refractivity (Wildman–Crippen MR) is 36.1 cm³/mol. The number of aryl methyl sites for hydroxylation is 1. The Balaban J connectivity index is 3.17. The van der Waals surface area contributed by atoms with Crippen LogP contribution >= 0.6 is 0 Å². The van der Waals surface area contributed by atoms with Gasteiger partial charge in [-0.1, -0.05) is 0 Å². The Bertz CT molecular complexity index is 279. The number of hydrogen-bond donors (Lipinski definition) is 1. The molecule has 54 valence electrons. The quantitative estimate of drug-likeness (QED) is 0.601. The topological polar surface area (TPSA) is 55.0 Å². The number of rotatable bonds is 1. The summed E-state index contributed by atoms with van der Waals surface area (Å²) in [5.74, 6) is 0.428. The average Bonchev–Trinajstić information content (AvgIpc) is 1.95. The molecule has 0 radical (unpaired) electrons. The zero-order chi connectivity index (χ0) is 7.56. The smallest absolute Gasteiger partial charge is 0.267 e. The van der Waals surface area contributed by atoms with Crippen LogP contribution in [0.1, 0.15) is 5.56 Å². The van der Waals surface area contributed by atoms with Crippen molar-refractivity contribution in [3.05, 3.63) is 22.0 Å². The molecule has 1 N–H and O–H groups in total. The van der Waals surface area contributed by atoms with Crippen LogP contribution in [0.3, 0.4) is 0 Å². The first-order chi connectivity index (χ1) is 4.74. The molecule has 0 fully saturated rings. The minimum Gasteiger partial charge on any atom is -0.480 e. The molecule has 1 aromatic rings. The Morgan fingerprint density at radius 2 is 2.40 bits per heavy atom. The van der Waals surface area contributed by atoms with Crippen molar-refractivity contribution in [2.75, 3.05) is 7.11 Å². The Morgan fingerprint density at radius 3 is 2.90 bits per heavy atom. The fourth-order valence-corrected chi connectivity index (χ4v) is 0.582.